The number of rotatable bonds is 5. The van der Waals surface area contributed by atoms with Crippen LogP contribution in [0.1, 0.15) is 12.0 Å². The molecule has 13 heavy (non-hydrogen) atoms. The number of hydrogen-bond acceptors (Lipinski definition) is 2. The summed E-state index contributed by atoms with van der Waals surface area (Å²) in [4.78, 5) is 10.0. The number of nitroso groups, excluding NO2 is 1. The molecule has 0 saturated carbocycles. The Balaban J connectivity index is 2.24. The fraction of sp³-hybridized carbons (Fsp3) is 0.400. The zero-order valence-electron chi connectivity index (χ0n) is 7.81. The molecule has 0 aliphatic carbocycles. The summed E-state index contributed by atoms with van der Waals surface area (Å²) in [5, 5.41) is 4.22. The minimum Gasteiger partial charge on any atom is -0.264 e. The van der Waals surface area contributed by atoms with Crippen LogP contribution in [0, 0.1) is 4.91 Å². The molecule has 0 unspecified atom stereocenters. The standard InChI is InChI=1S/C10H14N2O/c1-12(11-13)9-5-8-10-6-3-2-4-7-10/h2-4,6-7H,5,8-9H2,1H3. The van der Waals surface area contributed by atoms with Crippen molar-refractivity contribution in [1.29, 1.82) is 0 Å². The molecule has 0 amide bonds. The maximum absolute atomic E-state index is 10.0. The predicted molar refractivity (Wildman–Crippen MR) is 53.2 cm³/mol. The fourth-order valence-corrected chi connectivity index (χ4v) is 1.20. The molecule has 3 heteroatoms. The molecule has 0 fully saturated rings. The Kier molecular flexibility index (Phi) is 3.96. The monoisotopic (exact) mass is 178 g/mol. The summed E-state index contributed by atoms with van der Waals surface area (Å²) in [5.74, 6) is 0. The Morgan fingerprint density at radius 2 is 2.00 bits per heavy atom. The molecular formula is C10H14N2O. The van der Waals surface area contributed by atoms with Crippen molar-refractivity contribution in [3.8, 4) is 0 Å². The molecule has 0 atom stereocenters. The first-order valence-electron chi connectivity index (χ1n) is 4.41. The minimum absolute atomic E-state index is 0.721. The van der Waals surface area contributed by atoms with E-state index in [2.05, 4.69) is 17.4 Å². The van der Waals surface area contributed by atoms with Gasteiger partial charge >= 0.3 is 0 Å². The van der Waals surface area contributed by atoms with Crippen molar-refractivity contribution in [2.75, 3.05) is 13.6 Å². The molecule has 0 saturated heterocycles. The lowest BCUT2D eigenvalue weighted by Gasteiger charge is -2.07. The van der Waals surface area contributed by atoms with Crippen molar-refractivity contribution in [3.05, 3.63) is 40.8 Å². The molecule has 0 aromatic heterocycles. The van der Waals surface area contributed by atoms with E-state index in [9.17, 15) is 4.91 Å². The van der Waals surface area contributed by atoms with Crippen molar-refractivity contribution in [1.82, 2.24) is 5.01 Å². The Morgan fingerprint density at radius 3 is 2.62 bits per heavy atom. The van der Waals surface area contributed by atoms with E-state index >= 15 is 0 Å². The molecule has 0 aliphatic heterocycles. The second-order valence-electron chi connectivity index (χ2n) is 3.05. The van der Waals surface area contributed by atoms with Crippen LogP contribution in [-0.4, -0.2) is 18.6 Å². The SMILES string of the molecule is CN(CCCc1ccccc1)N=O. The molecule has 1 rings (SSSR count). The van der Waals surface area contributed by atoms with Crippen LogP contribution in [-0.2, 0) is 6.42 Å². The van der Waals surface area contributed by atoms with Gasteiger partial charge in [0.15, 0.2) is 0 Å². The highest BCUT2D eigenvalue weighted by Gasteiger charge is 1.95. The summed E-state index contributed by atoms with van der Waals surface area (Å²) < 4.78 is 0. The summed E-state index contributed by atoms with van der Waals surface area (Å²) in [6.07, 6.45) is 1.97. The van der Waals surface area contributed by atoms with Crippen LogP contribution in [0.2, 0.25) is 0 Å². The summed E-state index contributed by atoms with van der Waals surface area (Å²) in [5.41, 5.74) is 1.31. The van der Waals surface area contributed by atoms with Gasteiger partial charge in [-0.2, -0.15) is 0 Å². The van der Waals surface area contributed by atoms with E-state index in [-0.39, 0.29) is 0 Å². The Labute approximate surface area is 78.3 Å². The zero-order chi connectivity index (χ0) is 9.52. The van der Waals surface area contributed by atoms with Crippen molar-refractivity contribution < 1.29 is 0 Å². The van der Waals surface area contributed by atoms with Crippen molar-refractivity contribution in [3.63, 3.8) is 0 Å². The van der Waals surface area contributed by atoms with Gasteiger partial charge in [-0.25, -0.2) is 0 Å². The second-order valence-corrected chi connectivity index (χ2v) is 3.05. The summed E-state index contributed by atoms with van der Waals surface area (Å²) in [6, 6.07) is 10.2. The smallest absolute Gasteiger partial charge is 0.0521 e. The summed E-state index contributed by atoms with van der Waals surface area (Å²) in [6.45, 7) is 0.721. The average molecular weight is 178 g/mol. The van der Waals surface area contributed by atoms with Crippen LogP contribution in [0.5, 0.6) is 0 Å². The quantitative estimate of drug-likeness (QED) is 0.511. The highest BCUT2D eigenvalue weighted by molar-refractivity contribution is 5.14. The molecule has 0 radical (unpaired) electrons. The van der Waals surface area contributed by atoms with Crippen LogP contribution in [0.4, 0.5) is 0 Å². The fourth-order valence-electron chi connectivity index (χ4n) is 1.20. The first kappa shape index (κ1) is 9.71. The van der Waals surface area contributed by atoms with Gasteiger partial charge in [-0.05, 0) is 18.4 Å². The van der Waals surface area contributed by atoms with Crippen molar-refractivity contribution >= 4 is 0 Å². The summed E-state index contributed by atoms with van der Waals surface area (Å²) in [7, 11) is 1.69. The van der Waals surface area contributed by atoms with Crippen molar-refractivity contribution in [2.24, 2.45) is 5.29 Å². The van der Waals surface area contributed by atoms with E-state index in [1.165, 1.54) is 10.6 Å². The highest BCUT2D eigenvalue weighted by atomic mass is 16.3. The molecule has 70 valence electrons. The lowest BCUT2D eigenvalue weighted by molar-refractivity contribution is 0.344. The molecule has 0 aliphatic rings. The van der Waals surface area contributed by atoms with E-state index in [1.54, 1.807) is 7.05 Å². The molecule has 0 bridgehead atoms. The Morgan fingerprint density at radius 1 is 1.31 bits per heavy atom. The van der Waals surface area contributed by atoms with E-state index < -0.39 is 0 Å². The Hall–Kier alpha value is -1.38. The molecular weight excluding hydrogens is 164 g/mol. The lowest BCUT2D eigenvalue weighted by Crippen LogP contribution is -2.11. The van der Waals surface area contributed by atoms with Crippen LogP contribution >= 0.6 is 0 Å². The third-order valence-electron chi connectivity index (χ3n) is 1.93. The first-order valence-corrected chi connectivity index (χ1v) is 4.41. The minimum atomic E-state index is 0.721. The predicted octanol–water partition coefficient (Wildman–Crippen LogP) is 2.23. The van der Waals surface area contributed by atoms with E-state index in [4.69, 9.17) is 0 Å². The van der Waals surface area contributed by atoms with Gasteiger partial charge in [-0.15, -0.1) is 4.91 Å². The molecule has 1 aromatic carbocycles. The third kappa shape index (κ3) is 3.69. The maximum atomic E-state index is 10.0. The van der Waals surface area contributed by atoms with E-state index in [0.29, 0.717) is 0 Å². The van der Waals surface area contributed by atoms with E-state index in [1.807, 2.05) is 18.2 Å². The molecule has 0 spiro atoms. The van der Waals surface area contributed by atoms with E-state index in [0.717, 1.165) is 19.4 Å². The highest BCUT2D eigenvalue weighted by Crippen LogP contribution is 2.02. The van der Waals surface area contributed by atoms with Gasteiger partial charge < -0.3 is 0 Å². The normalized spacial score (nSPS) is 9.62. The third-order valence-corrected chi connectivity index (χ3v) is 1.93. The molecule has 1 aromatic rings. The van der Waals surface area contributed by atoms with Gasteiger partial charge in [0.1, 0.15) is 0 Å². The van der Waals surface area contributed by atoms with Crippen LogP contribution in [0.15, 0.2) is 35.6 Å². The molecule has 3 nitrogen and oxygen atoms in total. The van der Waals surface area contributed by atoms with Gasteiger partial charge in [-0.3, -0.25) is 5.01 Å². The van der Waals surface area contributed by atoms with Crippen LogP contribution in [0.25, 0.3) is 0 Å². The molecule has 0 heterocycles. The average Bonchev–Trinajstić information content (AvgIpc) is 2.19. The second kappa shape index (κ2) is 5.30. The largest absolute Gasteiger partial charge is 0.264 e. The first-order chi connectivity index (χ1) is 6.33. The Bertz CT molecular complexity index is 248. The van der Waals surface area contributed by atoms with Crippen LogP contribution in [0.3, 0.4) is 0 Å². The maximum Gasteiger partial charge on any atom is 0.0521 e. The zero-order valence-corrected chi connectivity index (χ0v) is 7.81. The van der Waals surface area contributed by atoms with Gasteiger partial charge in [0.2, 0.25) is 0 Å². The summed E-state index contributed by atoms with van der Waals surface area (Å²) >= 11 is 0. The number of hydrogen-bond donors (Lipinski definition) is 0. The van der Waals surface area contributed by atoms with Gasteiger partial charge in [-0.1, -0.05) is 30.3 Å². The van der Waals surface area contributed by atoms with Crippen molar-refractivity contribution in [2.45, 2.75) is 12.8 Å². The number of aryl methyl sites for hydroxylation is 1. The van der Waals surface area contributed by atoms with Gasteiger partial charge in [0, 0.05) is 13.6 Å². The number of benzene rings is 1. The lowest BCUT2D eigenvalue weighted by atomic mass is 10.1. The topological polar surface area (TPSA) is 32.7 Å². The number of nitrogens with zero attached hydrogens (tertiary/aromatic N) is 2. The van der Waals surface area contributed by atoms with Gasteiger partial charge in [0.25, 0.3) is 0 Å². The van der Waals surface area contributed by atoms with Gasteiger partial charge in [0.05, 0.1) is 5.29 Å². The molecule has 0 N–H and O–H groups in total. The van der Waals surface area contributed by atoms with Crippen LogP contribution < -0.4 is 0 Å².